The molecule has 82 valence electrons. The van der Waals surface area contributed by atoms with Crippen LogP contribution in [0.15, 0.2) is 11.1 Å². The summed E-state index contributed by atoms with van der Waals surface area (Å²) < 4.78 is 0. The van der Waals surface area contributed by atoms with E-state index in [2.05, 4.69) is 15.0 Å². The van der Waals surface area contributed by atoms with E-state index in [4.69, 9.17) is 11.5 Å². The van der Waals surface area contributed by atoms with Crippen LogP contribution >= 0.6 is 23.1 Å². The van der Waals surface area contributed by atoms with E-state index >= 15 is 0 Å². The Bertz CT molecular complexity index is 551. The van der Waals surface area contributed by atoms with Crippen molar-refractivity contribution in [1.82, 2.24) is 15.0 Å². The first-order chi connectivity index (χ1) is 7.78. The third kappa shape index (κ3) is 1.48. The zero-order valence-electron chi connectivity index (χ0n) is 8.30. The Balaban J connectivity index is 2.20. The fraction of sp³-hybridized carbons (Fsp3) is 0.222. The van der Waals surface area contributed by atoms with Gasteiger partial charge in [0, 0.05) is 23.4 Å². The van der Waals surface area contributed by atoms with Gasteiger partial charge in [0.2, 0.25) is 5.95 Å². The second kappa shape index (κ2) is 3.69. The molecule has 0 spiro atoms. The van der Waals surface area contributed by atoms with Gasteiger partial charge in [-0.2, -0.15) is 0 Å². The smallest absolute Gasteiger partial charge is 0.220 e. The van der Waals surface area contributed by atoms with Crippen LogP contribution in [0.4, 0.5) is 5.95 Å². The lowest BCUT2D eigenvalue weighted by Gasteiger charge is -2.12. The highest BCUT2D eigenvalue weighted by Crippen LogP contribution is 2.42. The van der Waals surface area contributed by atoms with Crippen molar-refractivity contribution in [2.45, 2.75) is 17.2 Å². The molecule has 5 nitrogen and oxygen atoms in total. The zero-order chi connectivity index (χ0) is 11.1. The topological polar surface area (TPSA) is 90.7 Å². The molecule has 0 atom stereocenters. The number of thioether (sulfide) groups is 1. The quantitative estimate of drug-likeness (QED) is 0.792. The van der Waals surface area contributed by atoms with E-state index in [1.54, 1.807) is 29.3 Å². The molecule has 3 rings (SSSR count). The average molecular weight is 251 g/mol. The first-order valence-electron chi connectivity index (χ1n) is 4.72. The predicted octanol–water partition coefficient (Wildman–Crippen LogP) is 1.25. The number of aromatic nitrogens is 3. The largest absolute Gasteiger partial charge is 0.368 e. The van der Waals surface area contributed by atoms with Crippen molar-refractivity contribution in [2.24, 2.45) is 5.73 Å². The molecule has 0 aliphatic carbocycles. The molecule has 0 saturated heterocycles. The molecular weight excluding hydrogens is 242 g/mol. The second-order valence-electron chi connectivity index (χ2n) is 3.31. The SMILES string of the molecule is NCc1nc2c(s1)CSc1cnc(N)nc1-2. The summed E-state index contributed by atoms with van der Waals surface area (Å²) in [5.74, 6) is 1.20. The minimum absolute atomic E-state index is 0.287. The van der Waals surface area contributed by atoms with Gasteiger partial charge < -0.3 is 11.5 Å². The molecule has 0 bridgehead atoms. The number of rotatable bonds is 1. The number of nitrogens with two attached hydrogens (primary N) is 2. The summed E-state index contributed by atoms with van der Waals surface area (Å²) in [6.07, 6.45) is 1.76. The first-order valence-corrected chi connectivity index (χ1v) is 6.52. The van der Waals surface area contributed by atoms with Crippen LogP contribution in [-0.4, -0.2) is 15.0 Å². The van der Waals surface area contributed by atoms with E-state index in [-0.39, 0.29) is 5.95 Å². The molecule has 0 radical (unpaired) electrons. The Labute approximate surface area is 100 Å². The van der Waals surface area contributed by atoms with Crippen LogP contribution in [-0.2, 0) is 12.3 Å². The lowest BCUT2D eigenvalue weighted by atomic mass is 10.2. The van der Waals surface area contributed by atoms with Crippen molar-refractivity contribution in [3.05, 3.63) is 16.1 Å². The molecule has 0 fully saturated rings. The van der Waals surface area contributed by atoms with Gasteiger partial charge in [-0.15, -0.1) is 23.1 Å². The number of anilines is 1. The van der Waals surface area contributed by atoms with Gasteiger partial charge in [-0.3, -0.25) is 0 Å². The molecule has 2 aromatic rings. The Kier molecular flexibility index (Phi) is 2.31. The molecule has 0 amide bonds. The van der Waals surface area contributed by atoms with E-state index < -0.39 is 0 Å². The lowest BCUT2D eigenvalue weighted by Crippen LogP contribution is -2.02. The molecule has 0 saturated carbocycles. The highest BCUT2D eigenvalue weighted by molar-refractivity contribution is 7.98. The van der Waals surface area contributed by atoms with Crippen molar-refractivity contribution >= 4 is 29.0 Å². The summed E-state index contributed by atoms with van der Waals surface area (Å²) in [6, 6.07) is 0. The zero-order valence-corrected chi connectivity index (χ0v) is 9.94. The Morgan fingerprint density at radius 3 is 3.00 bits per heavy atom. The monoisotopic (exact) mass is 251 g/mol. The van der Waals surface area contributed by atoms with E-state index in [0.717, 1.165) is 27.0 Å². The van der Waals surface area contributed by atoms with Crippen molar-refractivity contribution in [1.29, 1.82) is 0 Å². The summed E-state index contributed by atoms with van der Waals surface area (Å²) >= 11 is 3.36. The lowest BCUT2D eigenvalue weighted by molar-refractivity contribution is 1.03. The number of nitrogen functional groups attached to an aromatic ring is 1. The van der Waals surface area contributed by atoms with Crippen LogP contribution in [0.5, 0.6) is 0 Å². The average Bonchev–Trinajstić information content (AvgIpc) is 2.72. The summed E-state index contributed by atoms with van der Waals surface area (Å²) in [5.41, 5.74) is 13.0. The second-order valence-corrected chi connectivity index (χ2v) is 5.50. The fourth-order valence-electron chi connectivity index (χ4n) is 1.57. The van der Waals surface area contributed by atoms with E-state index in [9.17, 15) is 0 Å². The van der Waals surface area contributed by atoms with Crippen molar-refractivity contribution in [3.8, 4) is 11.4 Å². The summed E-state index contributed by atoms with van der Waals surface area (Å²) in [4.78, 5) is 15.0. The van der Waals surface area contributed by atoms with Gasteiger partial charge >= 0.3 is 0 Å². The van der Waals surface area contributed by atoms with Gasteiger partial charge in [0.1, 0.15) is 16.4 Å². The maximum atomic E-state index is 5.60. The van der Waals surface area contributed by atoms with Crippen LogP contribution in [0.2, 0.25) is 0 Å². The van der Waals surface area contributed by atoms with Crippen molar-refractivity contribution < 1.29 is 0 Å². The van der Waals surface area contributed by atoms with E-state index in [1.807, 2.05) is 0 Å². The van der Waals surface area contributed by atoms with E-state index in [0.29, 0.717) is 6.54 Å². The number of nitrogens with zero attached hydrogens (tertiary/aromatic N) is 3. The van der Waals surface area contributed by atoms with Crippen LogP contribution in [0.25, 0.3) is 11.4 Å². The van der Waals surface area contributed by atoms with Crippen molar-refractivity contribution in [3.63, 3.8) is 0 Å². The number of fused-ring (bicyclic) bond motifs is 3. The van der Waals surface area contributed by atoms with Crippen LogP contribution < -0.4 is 11.5 Å². The molecule has 1 aliphatic heterocycles. The summed E-state index contributed by atoms with van der Waals surface area (Å²) in [5, 5.41) is 0.940. The van der Waals surface area contributed by atoms with Gasteiger partial charge in [0.05, 0.1) is 4.90 Å². The molecule has 2 aromatic heterocycles. The third-order valence-electron chi connectivity index (χ3n) is 2.27. The molecule has 0 unspecified atom stereocenters. The molecule has 3 heterocycles. The number of thiazole rings is 1. The summed E-state index contributed by atoms with van der Waals surface area (Å²) in [7, 11) is 0. The Morgan fingerprint density at radius 1 is 1.31 bits per heavy atom. The van der Waals surface area contributed by atoms with Gasteiger partial charge in [-0.05, 0) is 0 Å². The number of hydrogen-bond donors (Lipinski definition) is 2. The minimum Gasteiger partial charge on any atom is -0.368 e. The maximum Gasteiger partial charge on any atom is 0.220 e. The predicted molar refractivity (Wildman–Crippen MR) is 65.0 cm³/mol. The third-order valence-corrected chi connectivity index (χ3v) is 4.58. The van der Waals surface area contributed by atoms with Crippen LogP contribution in [0, 0.1) is 0 Å². The Hall–Kier alpha value is -1.18. The van der Waals surface area contributed by atoms with Gasteiger partial charge in [0.15, 0.2) is 0 Å². The molecule has 1 aliphatic rings. The molecule has 16 heavy (non-hydrogen) atoms. The molecular formula is C9H9N5S2. The normalized spacial score (nSPS) is 13.3. The standard InChI is InChI=1S/C9H9N5S2/c10-1-6-13-8-5(16-6)3-15-4-2-12-9(11)14-7(4)8/h2H,1,3,10H2,(H2,11,12,14). The van der Waals surface area contributed by atoms with Crippen LogP contribution in [0.1, 0.15) is 9.88 Å². The van der Waals surface area contributed by atoms with Crippen LogP contribution in [0.3, 0.4) is 0 Å². The van der Waals surface area contributed by atoms with Gasteiger partial charge in [0.25, 0.3) is 0 Å². The Morgan fingerprint density at radius 2 is 2.19 bits per heavy atom. The number of hydrogen-bond acceptors (Lipinski definition) is 7. The molecule has 4 N–H and O–H groups in total. The van der Waals surface area contributed by atoms with Crippen molar-refractivity contribution in [2.75, 3.05) is 5.73 Å². The molecule has 7 heteroatoms. The summed E-state index contributed by atoms with van der Waals surface area (Å²) in [6.45, 7) is 0.470. The first kappa shape index (κ1) is 10.0. The fourth-order valence-corrected chi connectivity index (χ4v) is 3.56. The molecule has 0 aromatic carbocycles. The van der Waals surface area contributed by atoms with E-state index in [1.165, 1.54) is 4.88 Å². The maximum absolute atomic E-state index is 5.60. The van der Waals surface area contributed by atoms with Gasteiger partial charge in [-0.1, -0.05) is 0 Å². The highest BCUT2D eigenvalue weighted by atomic mass is 32.2. The minimum atomic E-state index is 0.287. The highest BCUT2D eigenvalue weighted by Gasteiger charge is 2.22. The van der Waals surface area contributed by atoms with Gasteiger partial charge in [-0.25, -0.2) is 15.0 Å².